The minimum atomic E-state index is -1.08. The second kappa shape index (κ2) is 9.19. The Hall–Kier alpha value is -4.64. The van der Waals surface area contributed by atoms with Crippen molar-refractivity contribution in [2.45, 2.75) is 39.7 Å². The number of furan rings is 1. The number of rotatable bonds is 7. The molecule has 0 bridgehead atoms. The van der Waals surface area contributed by atoms with E-state index in [2.05, 4.69) is 13.0 Å². The molecule has 3 aromatic heterocycles. The first kappa shape index (κ1) is 23.1. The molecule has 0 amide bonds. The Morgan fingerprint density at radius 1 is 1.17 bits per heavy atom. The predicted molar refractivity (Wildman–Crippen MR) is 136 cm³/mol. The predicted octanol–water partition coefficient (Wildman–Crippen LogP) is 5.21. The zero-order chi connectivity index (χ0) is 25.4. The molecule has 0 saturated carbocycles. The van der Waals surface area contributed by atoms with Crippen LogP contribution in [0.3, 0.4) is 0 Å². The summed E-state index contributed by atoms with van der Waals surface area (Å²) in [7, 11) is 0. The Labute approximate surface area is 206 Å². The number of aryl methyl sites for hydroxylation is 2. The normalized spacial score (nSPS) is 11.2. The number of carboxylic acids is 1. The smallest absolute Gasteiger partial charge is 0.323 e. The van der Waals surface area contributed by atoms with Crippen LogP contribution in [0, 0.1) is 18.3 Å². The highest BCUT2D eigenvalue weighted by molar-refractivity contribution is 5.87. The van der Waals surface area contributed by atoms with Gasteiger partial charge in [-0.25, -0.2) is 4.98 Å². The number of unbranched alkanes of at least 4 members (excludes halogenated alkanes) is 1. The quantitative estimate of drug-likeness (QED) is 0.342. The Morgan fingerprint density at radius 3 is 2.72 bits per heavy atom. The average molecular weight is 481 g/mol. The van der Waals surface area contributed by atoms with Crippen molar-refractivity contribution in [2.24, 2.45) is 0 Å². The van der Waals surface area contributed by atoms with Gasteiger partial charge in [0.05, 0.1) is 17.1 Å². The molecule has 0 saturated heterocycles. The molecule has 0 atom stereocenters. The number of hydrogen-bond acceptors (Lipinski definition) is 5. The monoisotopic (exact) mass is 480 g/mol. The van der Waals surface area contributed by atoms with Gasteiger partial charge in [0, 0.05) is 28.8 Å². The molecule has 0 spiro atoms. The molecular weight excluding hydrogens is 456 g/mol. The van der Waals surface area contributed by atoms with Crippen molar-refractivity contribution < 1.29 is 14.3 Å². The van der Waals surface area contributed by atoms with E-state index in [-0.39, 0.29) is 0 Å². The molecule has 5 aromatic rings. The van der Waals surface area contributed by atoms with E-state index in [1.807, 2.05) is 47.0 Å². The first-order valence-electron chi connectivity index (χ1n) is 11.8. The lowest BCUT2D eigenvalue weighted by molar-refractivity contribution is -0.137. The molecule has 2 aromatic carbocycles. The molecular formula is C28H24N4O4. The lowest BCUT2D eigenvalue weighted by Gasteiger charge is -2.11. The van der Waals surface area contributed by atoms with Crippen LogP contribution < -0.4 is 5.56 Å². The van der Waals surface area contributed by atoms with Gasteiger partial charge in [-0.15, -0.1) is 0 Å². The van der Waals surface area contributed by atoms with Crippen LogP contribution in [0.2, 0.25) is 0 Å². The largest absolute Gasteiger partial charge is 0.480 e. The number of pyridine rings is 1. The second-order valence-electron chi connectivity index (χ2n) is 8.76. The standard InChI is InChI=1S/C28H24N4O4/c1-3-4-9-25-30-22-12-17(2)31(16-26(33)34)28(35)27(22)32(25)20-10-11-23-19(13-20)14-24(36-23)21-8-6-5-7-18(21)15-29/h5-8,10-14H,3-4,9,16H2,1-2H3,(H,33,34). The third-order valence-corrected chi connectivity index (χ3v) is 6.31. The van der Waals surface area contributed by atoms with E-state index >= 15 is 0 Å². The van der Waals surface area contributed by atoms with Crippen LogP contribution >= 0.6 is 0 Å². The zero-order valence-electron chi connectivity index (χ0n) is 20.0. The maximum Gasteiger partial charge on any atom is 0.323 e. The second-order valence-corrected chi connectivity index (χ2v) is 8.76. The van der Waals surface area contributed by atoms with E-state index < -0.39 is 18.1 Å². The Morgan fingerprint density at radius 2 is 1.97 bits per heavy atom. The average Bonchev–Trinajstić information content (AvgIpc) is 3.45. The van der Waals surface area contributed by atoms with E-state index in [0.29, 0.717) is 45.6 Å². The van der Waals surface area contributed by atoms with Crippen molar-refractivity contribution in [3.05, 3.63) is 82.0 Å². The number of carboxylic acid groups (broad SMARTS) is 1. The Bertz CT molecular complexity index is 1730. The number of fused-ring (bicyclic) bond motifs is 2. The molecule has 0 fully saturated rings. The summed E-state index contributed by atoms with van der Waals surface area (Å²) in [4.78, 5) is 29.7. The third kappa shape index (κ3) is 3.95. The summed E-state index contributed by atoms with van der Waals surface area (Å²) >= 11 is 0. The fourth-order valence-corrected chi connectivity index (χ4v) is 4.57. The van der Waals surface area contributed by atoms with Crippen molar-refractivity contribution in [2.75, 3.05) is 0 Å². The molecule has 8 nitrogen and oxygen atoms in total. The van der Waals surface area contributed by atoms with Crippen molar-refractivity contribution >= 4 is 28.0 Å². The van der Waals surface area contributed by atoms with Gasteiger partial charge >= 0.3 is 5.97 Å². The van der Waals surface area contributed by atoms with Gasteiger partial charge in [-0.05, 0) is 55.8 Å². The molecule has 180 valence electrons. The van der Waals surface area contributed by atoms with Crippen LogP contribution in [0.15, 0.2) is 63.8 Å². The number of imidazole rings is 1. The number of benzene rings is 2. The highest BCUT2D eigenvalue weighted by Gasteiger charge is 2.20. The molecule has 0 aliphatic carbocycles. The highest BCUT2D eigenvalue weighted by atomic mass is 16.4. The van der Waals surface area contributed by atoms with E-state index in [1.54, 1.807) is 19.1 Å². The summed E-state index contributed by atoms with van der Waals surface area (Å²) in [6, 6.07) is 18.7. The van der Waals surface area contributed by atoms with Gasteiger partial charge in [0.1, 0.15) is 29.2 Å². The van der Waals surface area contributed by atoms with Gasteiger partial charge in [-0.3, -0.25) is 18.7 Å². The lowest BCUT2D eigenvalue weighted by atomic mass is 10.1. The van der Waals surface area contributed by atoms with Crippen LogP contribution in [-0.4, -0.2) is 25.2 Å². The van der Waals surface area contributed by atoms with Crippen molar-refractivity contribution in [1.82, 2.24) is 14.1 Å². The summed E-state index contributed by atoms with van der Waals surface area (Å²) in [6.07, 6.45) is 2.54. The van der Waals surface area contributed by atoms with Crippen molar-refractivity contribution in [1.29, 1.82) is 5.26 Å². The molecule has 1 N–H and O–H groups in total. The molecule has 0 unspecified atom stereocenters. The first-order chi connectivity index (χ1) is 17.4. The van der Waals surface area contributed by atoms with E-state index in [0.717, 1.165) is 29.7 Å². The van der Waals surface area contributed by atoms with Gasteiger partial charge in [0.25, 0.3) is 5.56 Å². The topological polar surface area (TPSA) is 114 Å². The maximum atomic E-state index is 13.5. The summed E-state index contributed by atoms with van der Waals surface area (Å²) < 4.78 is 9.14. The molecule has 0 aliphatic rings. The first-order valence-corrected chi connectivity index (χ1v) is 11.8. The van der Waals surface area contributed by atoms with Gasteiger partial charge in [0.15, 0.2) is 0 Å². The summed E-state index contributed by atoms with van der Waals surface area (Å²) in [5.41, 5.74) is 3.67. The summed E-state index contributed by atoms with van der Waals surface area (Å²) in [5, 5.41) is 19.6. The fourth-order valence-electron chi connectivity index (χ4n) is 4.57. The summed E-state index contributed by atoms with van der Waals surface area (Å²) in [5.74, 6) is 0.247. The number of hydrogen-bond donors (Lipinski definition) is 1. The third-order valence-electron chi connectivity index (χ3n) is 6.31. The van der Waals surface area contributed by atoms with Crippen LogP contribution in [0.5, 0.6) is 0 Å². The van der Waals surface area contributed by atoms with Gasteiger partial charge in [0.2, 0.25) is 0 Å². The van der Waals surface area contributed by atoms with Crippen molar-refractivity contribution in [3.63, 3.8) is 0 Å². The molecule has 0 aliphatic heterocycles. The zero-order valence-corrected chi connectivity index (χ0v) is 20.0. The van der Waals surface area contributed by atoms with Gasteiger partial charge in [-0.2, -0.15) is 5.26 Å². The minimum absolute atomic E-state index is 0.353. The van der Waals surface area contributed by atoms with E-state index in [9.17, 15) is 20.0 Å². The molecule has 5 rings (SSSR count). The number of nitrogens with zero attached hydrogens (tertiary/aromatic N) is 4. The molecule has 8 heteroatoms. The number of aromatic nitrogens is 3. The Balaban J connectivity index is 1.72. The van der Waals surface area contributed by atoms with Crippen LogP contribution in [0.4, 0.5) is 0 Å². The Kier molecular flexibility index (Phi) is 5.90. The lowest BCUT2D eigenvalue weighted by Crippen LogP contribution is -2.27. The van der Waals surface area contributed by atoms with Crippen LogP contribution in [-0.2, 0) is 17.8 Å². The van der Waals surface area contributed by atoms with Gasteiger partial charge in [-0.1, -0.05) is 25.5 Å². The summed E-state index contributed by atoms with van der Waals surface area (Å²) in [6.45, 7) is 3.39. The maximum absolute atomic E-state index is 13.5. The van der Waals surface area contributed by atoms with Crippen molar-refractivity contribution in [3.8, 4) is 23.1 Å². The van der Waals surface area contributed by atoms with Crippen LogP contribution in [0.25, 0.3) is 39.0 Å². The SMILES string of the molecule is CCCCc1nc2cc(C)n(CC(=O)O)c(=O)c2n1-c1ccc2oc(-c3ccccc3C#N)cc2c1. The number of nitriles is 1. The number of carbonyl (C=O) groups is 1. The minimum Gasteiger partial charge on any atom is -0.480 e. The van der Waals surface area contributed by atoms with E-state index in [1.165, 1.54) is 4.57 Å². The van der Waals surface area contributed by atoms with Crippen LogP contribution in [0.1, 0.15) is 36.8 Å². The van der Waals surface area contributed by atoms with E-state index in [4.69, 9.17) is 9.40 Å². The molecule has 3 heterocycles. The van der Waals surface area contributed by atoms with Gasteiger partial charge < -0.3 is 9.52 Å². The highest BCUT2D eigenvalue weighted by Crippen LogP contribution is 2.32. The fraction of sp³-hybridized carbons (Fsp3) is 0.214. The molecule has 36 heavy (non-hydrogen) atoms. The number of aliphatic carboxylic acids is 1. The molecule has 0 radical (unpaired) electrons.